The minimum atomic E-state index is 0.650. The fourth-order valence-corrected chi connectivity index (χ4v) is 6.38. The molecule has 0 N–H and O–H groups in total. The van der Waals surface area contributed by atoms with Crippen LogP contribution in [0.15, 0.2) is 150 Å². The average Bonchev–Trinajstić information content (AvgIpc) is 3.46. The first-order valence-corrected chi connectivity index (χ1v) is 15.2. The van der Waals surface area contributed by atoms with Crippen molar-refractivity contribution >= 4 is 61.4 Å². The molecule has 45 heavy (non-hydrogen) atoms. The molecule has 0 atom stereocenters. The second-order valence-corrected chi connectivity index (χ2v) is 11.5. The van der Waals surface area contributed by atoms with E-state index in [1.807, 2.05) is 66.7 Å². The van der Waals surface area contributed by atoms with Gasteiger partial charge < -0.3 is 18.8 Å². The van der Waals surface area contributed by atoms with Crippen molar-refractivity contribution in [3.63, 3.8) is 0 Å². The lowest BCUT2D eigenvalue weighted by Gasteiger charge is -2.28. The minimum Gasteiger partial charge on any atom is -0.454 e. The molecule has 0 saturated heterocycles. The highest BCUT2D eigenvalue weighted by molar-refractivity contribution is 6.30. The fourth-order valence-electron chi connectivity index (χ4n) is 6.26. The standard InChI is InChI=1S/C40H24ClNO3/c41-28-16-14-25(15-17-28)31-19-20-33(40-39(31)32-22-26-8-4-5-9-27(26)23-37(32)45-40)42(29-10-2-1-3-11-29)30-18-21-36-38(24-30)44-35-13-7-6-12-34(35)43-36/h1-24H. The SMILES string of the molecule is Clc1ccc(-c2ccc(N(c3ccccc3)c3ccc4c(c3)Oc3ccccc3O4)c3oc4cc5ccccc5cc4c23)cc1. The molecule has 0 saturated carbocycles. The highest BCUT2D eigenvalue weighted by Gasteiger charge is 2.25. The molecule has 0 unspecified atom stereocenters. The highest BCUT2D eigenvalue weighted by Crippen LogP contribution is 2.50. The van der Waals surface area contributed by atoms with Crippen molar-refractivity contribution in [1.82, 2.24) is 0 Å². The molecule has 7 aromatic carbocycles. The van der Waals surface area contributed by atoms with E-state index in [1.54, 1.807) is 0 Å². The largest absolute Gasteiger partial charge is 0.454 e. The number of hydrogen-bond donors (Lipinski definition) is 0. The number of rotatable bonds is 4. The first kappa shape index (κ1) is 25.8. The third-order valence-corrected chi connectivity index (χ3v) is 8.60. The van der Waals surface area contributed by atoms with E-state index >= 15 is 0 Å². The summed E-state index contributed by atoms with van der Waals surface area (Å²) in [5.74, 6) is 2.71. The van der Waals surface area contributed by atoms with E-state index in [2.05, 4.69) is 83.8 Å². The van der Waals surface area contributed by atoms with Gasteiger partial charge in [-0.2, -0.15) is 0 Å². The number of ether oxygens (including phenoxy) is 2. The Balaban J connectivity index is 1.30. The topological polar surface area (TPSA) is 34.8 Å². The molecular formula is C40H24ClNO3. The Morgan fingerprint density at radius 3 is 1.96 bits per heavy atom. The summed E-state index contributed by atoms with van der Waals surface area (Å²) in [5, 5.41) is 5.09. The first-order chi connectivity index (χ1) is 22.2. The van der Waals surface area contributed by atoms with Gasteiger partial charge in [0.2, 0.25) is 0 Å². The molecule has 0 fully saturated rings. The van der Waals surface area contributed by atoms with Crippen LogP contribution in [0, 0.1) is 0 Å². The smallest absolute Gasteiger partial charge is 0.172 e. The summed E-state index contributed by atoms with van der Waals surface area (Å²) >= 11 is 6.29. The molecule has 9 rings (SSSR count). The van der Waals surface area contributed by atoms with Crippen molar-refractivity contribution in [1.29, 1.82) is 0 Å². The zero-order valence-corrected chi connectivity index (χ0v) is 24.7. The predicted molar refractivity (Wildman–Crippen MR) is 183 cm³/mol. The van der Waals surface area contributed by atoms with Gasteiger partial charge in [0, 0.05) is 27.5 Å². The van der Waals surface area contributed by atoms with Crippen LogP contribution in [0.25, 0.3) is 43.8 Å². The predicted octanol–water partition coefficient (Wildman–Crippen LogP) is 12.4. The molecule has 0 radical (unpaired) electrons. The number of halogens is 1. The van der Waals surface area contributed by atoms with Gasteiger partial charge in [-0.15, -0.1) is 0 Å². The number of anilines is 3. The Labute approximate surface area is 264 Å². The molecule has 0 amide bonds. The Bertz CT molecular complexity index is 2400. The van der Waals surface area contributed by atoms with Crippen LogP contribution in [0.3, 0.4) is 0 Å². The van der Waals surface area contributed by atoms with Crippen molar-refractivity contribution in [2.75, 3.05) is 4.90 Å². The average molecular weight is 602 g/mol. The number of nitrogens with zero attached hydrogens (tertiary/aromatic N) is 1. The van der Waals surface area contributed by atoms with E-state index in [9.17, 15) is 0 Å². The van der Waals surface area contributed by atoms with Gasteiger partial charge >= 0.3 is 0 Å². The van der Waals surface area contributed by atoms with E-state index in [1.165, 1.54) is 0 Å². The quantitative estimate of drug-likeness (QED) is 0.201. The summed E-state index contributed by atoms with van der Waals surface area (Å²) in [6.07, 6.45) is 0. The molecule has 4 nitrogen and oxygen atoms in total. The van der Waals surface area contributed by atoms with E-state index in [-0.39, 0.29) is 0 Å². The number of furan rings is 1. The summed E-state index contributed by atoms with van der Waals surface area (Å²) in [6, 6.07) is 49.1. The maximum atomic E-state index is 6.84. The van der Waals surface area contributed by atoms with Gasteiger partial charge in [0.25, 0.3) is 0 Å². The molecule has 0 spiro atoms. The van der Waals surface area contributed by atoms with E-state index < -0.39 is 0 Å². The van der Waals surface area contributed by atoms with Crippen LogP contribution in [0.1, 0.15) is 0 Å². The third-order valence-electron chi connectivity index (χ3n) is 8.35. The van der Waals surface area contributed by atoms with Crippen LogP contribution in [0.5, 0.6) is 23.0 Å². The Hall–Kier alpha value is -5.71. The summed E-state index contributed by atoms with van der Waals surface area (Å²) < 4.78 is 19.3. The fraction of sp³-hybridized carbons (Fsp3) is 0. The Morgan fingerprint density at radius 1 is 0.511 bits per heavy atom. The number of benzene rings is 7. The van der Waals surface area contributed by atoms with Gasteiger partial charge in [-0.3, -0.25) is 0 Å². The Kier molecular flexibility index (Phi) is 5.83. The molecular weight excluding hydrogens is 578 g/mol. The molecule has 1 aliphatic rings. The van der Waals surface area contributed by atoms with Crippen LogP contribution >= 0.6 is 11.6 Å². The van der Waals surface area contributed by atoms with Crippen molar-refractivity contribution in [3.05, 3.63) is 151 Å². The van der Waals surface area contributed by atoms with Crippen LogP contribution in [0.4, 0.5) is 17.1 Å². The Morgan fingerprint density at radius 2 is 1.18 bits per heavy atom. The van der Waals surface area contributed by atoms with Crippen LogP contribution in [0.2, 0.25) is 5.02 Å². The second-order valence-electron chi connectivity index (χ2n) is 11.1. The summed E-state index contributed by atoms with van der Waals surface area (Å²) in [7, 11) is 0. The van der Waals surface area contributed by atoms with Gasteiger partial charge in [-0.05, 0) is 88.6 Å². The maximum Gasteiger partial charge on any atom is 0.172 e. The zero-order valence-electron chi connectivity index (χ0n) is 23.9. The van der Waals surface area contributed by atoms with Crippen LogP contribution in [-0.2, 0) is 0 Å². The summed E-state index contributed by atoms with van der Waals surface area (Å²) in [6.45, 7) is 0. The lowest BCUT2D eigenvalue weighted by atomic mass is 9.97. The lowest BCUT2D eigenvalue weighted by Crippen LogP contribution is -2.11. The molecule has 0 aliphatic carbocycles. The summed E-state index contributed by atoms with van der Waals surface area (Å²) in [5.41, 5.74) is 6.57. The zero-order chi connectivity index (χ0) is 29.9. The molecule has 8 aromatic rings. The minimum absolute atomic E-state index is 0.650. The molecule has 0 bridgehead atoms. The van der Waals surface area contributed by atoms with E-state index in [4.69, 9.17) is 25.5 Å². The van der Waals surface area contributed by atoms with Gasteiger partial charge in [0.05, 0.1) is 11.4 Å². The molecule has 2 heterocycles. The molecule has 5 heteroatoms. The number of para-hydroxylation sites is 3. The van der Waals surface area contributed by atoms with Crippen LogP contribution in [-0.4, -0.2) is 0 Å². The van der Waals surface area contributed by atoms with Crippen molar-refractivity contribution in [2.24, 2.45) is 0 Å². The van der Waals surface area contributed by atoms with Crippen LogP contribution < -0.4 is 14.4 Å². The second kappa shape index (κ2) is 10.2. The van der Waals surface area contributed by atoms with Crippen molar-refractivity contribution in [3.8, 4) is 34.1 Å². The normalized spacial score (nSPS) is 12.0. The van der Waals surface area contributed by atoms with E-state index in [0.717, 1.165) is 60.9 Å². The van der Waals surface area contributed by atoms with Crippen molar-refractivity contribution in [2.45, 2.75) is 0 Å². The highest BCUT2D eigenvalue weighted by atomic mass is 35.5. The monoisotopic (exact) mass is 601 g/mol. The summed E-state index contributed by atoms with van der Waals surface area (Å²) in [4.78, 5) is 2.21. The molecule has 1 aliphatic heterocycles. The third kappa shape index (κ3) is 4.30. The first-order valence-electron chi connectivity index (χ1n) is 14.8. The van der Waals surface area contributed by atoms with Gasteiger partial charge in [-0.1, -0.05) is 84.4 Å². The van der Waals surface area contributed by atoms with Gasteiger partial charge in [-0.25, -0.2) is 0 Å². The van der Waals surface area contributed by atoms with Gasteiger partial charge in [0.1, 0.15) is 5.58 Å². The van der Waals surface area contributed by atoms with E-state index in [0.29, 0.717) is 28.0 Å². The lowest BCUT2D eigenvalue weighted by molar-refractivity contribution is 0.360. The molecule has 214 valence electrons. The van der Waals surface area contributed by atoms with Gasteiger partial charge in [0.15, 0.2) is 28.6 Å². The number of fused-ring (bicyclic) bond motifs is 6. The number of hydrogen-bond acceptors (Lipinski definition) is 4. The molecule has 1 aromatic heterocycles. The van der Waals surface area contributed by atoms with Crippen molar-refractivity contribution < 1.29 is 13.9 Å². The maximum absolute atomic E-state index is 6.84.